The maximum absolute atomic E-state index is 12.7. The number of fused-ring (bicyclic) bond motifs is 3. The van der Waals surface area contributed by atoms with Gasteiger partial charge in [-0.1, -0.05) is 43.3 Å². The molecule has 3 unspecified atom stereocenters. The molecule has 3 N–H and O–H groups in total. The zero-order valence-corrected chi connectivity index (χ0v) is 14.9. The van der Waals surface area contributed by atoms with Crippen LogP contribution in [-0.2, 0) is 0 Å². The van der Waals surface area contributed by atoms with Crippen molar-refractivity contribution in [3.05, 3.63) is 71.3 Å². The molecule has 0 fully saturated rings. The minimum Gasteiger partial charge on any atom is -0.508 e. The molecular formula is C22H24N2O2. The van der Waals surface area contributed by atoms with E-state index in [4.69, 9.17) is 0 Å². The third kappa shape index (κ3) is 2.85. The summed E-state index contributed by atoms with van der Waals surface area (Å²) in [4.78, 5) is 12.7. The number of nitrogens with one attached hydrogen (secondary N) is 2. The smallest absolute Gasteiger partial charge is 0.253 e. The molecular weight excluding hydrogens is 324 g/mol. The first-order valence-corrected chi connectivity index (χ1v) is 9.32. The number of phenolic OH excluding ortho intramolecular Hbond substituents is 1. The molecule has 0 saturated carbocycles. The number of phenols is 1. The molecule has 1 aliphatic heterocycles. The van der Waals surface area contributed by atoms with Gasteiger partial charge in [-0.25, -0.2) is 0 Å². The van der Waals surface area contributed by atoms with E-state index in [2.05, 4.69) is 28.9 Å². The Morgan fingerprint density at radius 3 is 2.81 bits per heavy atom. The van der Waals surface area contributed by atoms with Crippen LogP contribution < -0.4 is 10.6 Å². The third-order valence-corrected chi connectivity index (χ3v) is 5.43. The number of hydrogen-bond acceptors (Lipinski definition) is 3. The highest BCUT2D eigenvalue weighted by molar-refractivity contribution is 6.00. The van der Waals surface area contributed by atoms with E-state index in [1.165, 1.54) is 5.56 Å². The summed E-state index contributed by atoms with van der Waals surface area (Å²) in [5.41, 5.74) is 3.98. The van der Waals surface area contributed by atoms with Crippen molar-refractivity contribution >= 4 is 11.6 Å². The average Bonchev–Trinajstić information content (AvgIpc) is 3.16. The summed E-state index contributed by atoms with van der Waals surface area (Å²) in [6.07, 6.45) is 6.43. The molecule has 0 radical (unpaired) electrons. The molecule has 0 bridgehead atoms. The minimum absolute atomic E-state index is 0.0268. The number of carbonyl (C=O) groups is 1. The van der Waals surface area contributed by atoms with Crippen LogP contribution in [-0.4, -0.2) is 17.6 Å². The molecule has 1 heterocycles. The van der Waals surface area contributed by atoms with Crippen molar-refractivity contribution < 1.29 is 9.90 Å². The molecule has 0 aromatic heterocycles. The Morgan fingerprint density at radius 2 is 2.04 bits per heavy atom. The number of amides is 1. The van der Waals surface area contributed by atoms with Gasteiger partial charge in [-0.15, -0.1) is 0 Å². The molecule has 0 spiro atoms. The molecule has 1 aliphatic carbocycles. The third-order valence-electron chi connectivity index (χ3n) is 5.43. The predicted octanol–water partition coefficient (Wildman–Crippen LogP) is 4.36. The number of rotatable bonds is 4. The highest BCUT2D eigenvalue weighted by atomic mass is 16.3. The molecule has 3 atom stereocenters. The van der Waals surface area contributed by atoms with Crippen LogP contribution in [0.5, 0.6) is 5.75 Å². The summed E-state index contributed by atoms with van der Waals surface area (Å²) in [6.45, 7) is 2.73. The van der Waals surface area contributed by atoms with Gasteiger partial charge in [0.2, 0.25) is 0 Å². The van der Waals surface area contributed by atoms with Crippen molar-refractivity contribution in [2.24, 2.45) is 5.92 Å². The second kappa shape index (κ2) is 6.87. The number of aromatic hydroxyl groups is 1. The van der Waals surface area contributed by atoms with E-state index >= 15 is 0 Å². The molecule has 26 heavy (non-hydrogen) atoms. The van der Waals surface area contributed by atoms with Crippen molar-refractivity contribution in [3.8, 4) is 5.75 Å². The predicted molar refractivity (Wildman–Crippen MR) is 104 cm³/mol. The Labute approximate surface area is 153 Å². The molecule has 134 valence electrons. The minimum atomic E-state index is -0.0268. The van der Waals surface area contributed by atoms with Gasteiger partial charge in [-0.05, 0) is 48.1 Å². The quantitative estimate of drug-likeness (QED) is 0.720. The fourth-order valence-electron chi connectivity index (χ4n) is 4.16. The Hall–Kier alpha value is -2.75. The molecule has 4 heteroatoms. The van der Waals surface area contributed by atoms with E-state index in [0.29, 0.717) is 23.9 Å². The Kier molecular flexibility index (Phi) is 4.41. The first-order chi connectivity index (χ1) is 12.7. The van der Waals surface area contributed by atoms with E-state index in [0.717, 1.165) is 24.1 Å². The SMILES string of the molecule is CCCNC(=O)c1cccc2c1NC(c1ccc(O)cc1)C1CC=CC21. The van der Waals surface area contributed by atoms with Gasteiger partial charge < -0.3 is 15.7 Å². The molecule has 4 nitrogen and oxygen atoms in total. The van der Waals surface area contributed by atoms with E-state index in [1.54, 1.807) is 12.1 Å². The zero-order valence-electron chi connectivity index (χ0n) is 14.9. The monoisotopic (exact) mass is 348 g/mol. The van der Waals surface area contributed by atoms with Gasteiger partial charge in [0.15, 0.2) is 0 Å². The second-order valence-electron chi connectivity index (χ2n) is 7.09. The lowest BCUT2D eigenvalue weighted by molar-refractivity contribution is 0.0954. The molecule has 2 aromatic carbocycles. The van der Waals surface area contributed by atoms with Crippen LogP contribution in [0.4, 0.5) is 5.69 Å². The van der Waals surface area contributed by atoms with Crippen LogP contribution in [0.25, 0.3) is 0 Å². The van der Waals surface area contributed by atoms with Crippen LogP contribution in [0.2, 0.25) is 0 Å². The van der Waals surface area contributed by atoms with Gasteiger partial charge in [0.1, 0.15) is 5.75 Å². The van der Waals surface area contributed by atoms with Gasteiger partial charge in [-0.3, -0.25) is 4.79 Å². The summed E-state index contributed by atoms with van der Waals surface area (Å²) in [5, 5.41) is 16.3. The van der Waals surface area contributed by atoms with Crippen LogP contribution in [0, 0.1) is 5.92 Å². The van der Waals surface area contributed by atoms with Crippen LogP contribution in [0.1, 0.15) is 53.2 Å². The highest BCUT2D eigenvalue weighted by Gasteiger charge is 2.39. The number of hydrogen-bond donors (Lipinski definition) is 3. The lowest BCUT2D eigenvalue weighted by atomic mass is 9.76. The number of carbonyl (C=O) groups excluding carboxylic acids is 1. The number of para-hydroxylation sites is 1. The van der Waals surface area contributed by atoms with Gasteiger partial charge in [-0.2, -0.15) is 0 Å². The molecule has 4 rings (SSSR count). The summed E-state index contributed by atoms with van der Waals surface area (Å²) < 4.78 is 0. The molecule has 1 amide bonds. The first kappa shape index (κ1) is 16.7. The maximum Gasteiger partial charge on any atom is 0.253 e. The van der Waals surface area contributed by atoms with Gasteiger partial charge in [0.05, 0.1) is 17.3 Å². The molecule has 2 aromatic rings. The fraction of sp³-hybridized carbons (Fsp3) is 0.318. The van der Waals surface area contributed by atoms with Gasteiger partial charge in [0, 0.05) is 12.5 Å². The maximum atomic E-state index is 12.7. The average molecular weight is 348 g/mol. The topological polar surface area (TPSA) is 61.4 Å². The van der Waals surface area contributed by atoms with Gasteiger partial charge >= 0.3 is 0 Å². The zero-order chi connectivity index (χ0) is 18.1. The van der Waals surface area contributed by atoms with Crippen LogP contribution >= 0.6 is 0 Å². The standard InChI is InChI=1S/C22H24N2O2/c1-2-13-23-22(26)19-8-4-7-18-16-5-3-6-17(16)20(24-21(18)19)14-9-11-15(25)12-10-14/h3-5,7-12,16-17,20,24-25H,2,6,13H2,1H3,(H,23,26). The van der Waals surface area contributed by atoms with E-state index in [9.17, 15) is 9.90 Å². The normalized spacial score (nSPS) is 23.0. The van der Waals surface area contributed by atoms with Crippen LogP contribution in [0.15, 0.2) is 54.6 Å². The summed E-state index contributed by atoms with van der Waals surface area (Å²) in [6, 6.07) is 13.5. The van der Waals surface area contributed by atoms with Crippen molar-refractivity contribution in [1.29, 1.82) is 0 Å². The Morgan fingerprint density at radius 1 is 1.23 bits per heavy atom. The van der Waals surface area contributed by atoms with E-state index in [-0.39, 0.29) is 17.7 Å². The second-order valence-corrected chi connectivity index (χ2v) is 7.09. The lowest BCUT2D eigenvalue weighted by Crippen LogP contribution is -2.32. The lowest BCUT2D eigenvalue weighted by Gasteiger charge is -2.38. The molecule has 2 aliphatic rings. The van der Waals surface area contributed by atoms with Gasteiger partial charge in [0.25, 0.3) is 5.91 Å². The summed E-state index contributed by atoms with van der Waals surface area (Å²) >= 11 is 0. The Balaban J connectivity index is 1.74. The summed E-state index contributed by atoms with van der Waals surface area (Å²) in [7, 11) is 0. The van der Waals surface area contributed by atoms with Crippen LogP contribution in [0.3, 0.4) is 0 Å². The van der Waals surface area contributed by atoms with E-state index < -0.39 is 0 Å². The first-order valence-electron chi connectivity index (χ1n) is 9.32. The fourth-order valence-corrected chi connectivity index (χ4v) is 4.16. The van der Waals surface area contributed by atoms with Crippen molar-refractivity contribution in [2.75, 3.05) is 11.9 Å². The van der Waals surface area contributed by atoms with Crippen molar-refractivity contribution in [1.82, 2.24) is 5.32 Å². The van der Waals surface area contributed by atoms with Crippen molar-refractivity contribution in [3.63, 3.8) is 0 Å². The summed E-state index contributed by atoms with van der Waals surface area (Å²) in [5.74, 6) is 0.969. The van der Waals surface area contributed by atoms with Crippen molar-refractivity contribution in [2.45, 2.75) is 31.7 Å². The number of benzene rings is 2. The highest BCUT2D eigenvalue weighted by Crippen LogP contribution is 2.50. The molecule has 0 saturated heterocycles. The number of anilines is 1. The Bertz CT molecular complexity index is 842. The van der Waals surface area contributed by atoms with E-state index in [1.807, 2.05) is 31.2 Å². The number of allylic oxidation sites excluding steroid dienone is 2. The largest absolute Gasteiger partial charge is 0.508 e.